The van der Waals surface area contributed by atoms with Gasteiger partial charge in [-0.25, -0.2) is 9.79 Å². The minimum atomic E-state index is -0.863. The predicted molar refractivity (Wildman–Crippen MR) is 147 cm³/mol. The highest BCUT2D eigenvalue weighted by molar-refractivity contribution is 7.07. The largest absolute Gasteiger partial charge is 0.497 e. The normalized spacial score (nSPS) is 14.9. The minimum Gasteiger partial charge on any atom is -0.497 e. The van der Waals surface area contributed by atoms with Gasteiger partial charge < -0.3 is 18.9 Å². The molecule has 1 aliphatic heterocycles. The van der Waals surface area contributed by atoms with Gasteiger partial charge in [-0.1, -0.05) is 42.9 Å². The van der Waals surface area contributed by atoms with Crippen molar-refractivity contribution in [2.24, 2.45) is 4.99 Å². The number of allylic oxidation sites excluding steroid dienone is 1. The molecule has 0 saturated heterocycles. The number of aromatic nitrogens is 1. The number of ether oxygens (including phenoxy) is 4. The second-order valence-electron chi connectivity index (χ2n) is 8.65. The number of methoxy groups -OCH3 is 2. The van der Waals surface area contributed by atoms with Gasteiger partial charge in [0.2, 0.25) is 0 Å². The third kappa shape index (κ3) is 5.65. The summed E-state index contributed by atoms with van der Waals surface area (Å²) in [6.07, 6.45) is 2.90. The molecule has 4 rings (SSSR count). The molecule has 0 bridgehead atoms. The molecule has 2 heterocycles. The van der Waals surface area contributed by atoms with Crippen molar-refractivity contribution in [2.75, 3.05) is 20.8 Å². The van der Waals surface area contributed by atoms with Crippen LogP contribution in [0.1, 0.15) is 50.8 Å². The summed E-state index contributed by atoms with van der Waals surface area (Å²) in [6, 6.07) is 11.3. The van der Waals surface area contributed by atoms with Crippen LogP contribution in [0.25, 0.3) is 6.08 Å². The molecule has 1 aliphatic rings. The van der Waals surface area contributed by atoms with Crippen molar-refractivity contribution in [1.82, 2.24) is 4.57 Å². The average Bonchev–Trinajstić information content (AvgIpc) is 3.23. The summed E-state index contributed by atoms with van der Waals surface area (Å²) in [6.45, 7) is 5.21. The van der Waals surface area contributed by atoms with Crippen LogP contribution in [0.15, 0.2) is 63.5 Å². The molecule has 0 spiro atoms. The van der Waals surface area contributed by atoms with Gasteiger partial charge in [0.25, 0.3) is 5.56 Å². The zero-order chi connectivity index (χ0) is 28.1. The molecule has 0 fully saturated rings. The monoisotopic (exact) mass is 550 g/mol. The van der Waals surface area contributed by atoms with Gasteiger partial charge in [-0.15, -0.1) is 0 Å². The maximum absolute atomic E-state index is 14.0. The Morgan fingerprint density at radius 2 is 1.85 bits per heavy atom. The Balaban J connectivity index is 2.05. The van der Waals surface area contributed by atoms with E-state index in [1.165, 1.54) is 29.9 Å². The van der Waals surface area contributed by atoms with Gasteiger partial charge in [-0.2, -0.15) is 0 Å². The first-order valence-corrected chi connectivity index (χ1v) is 13.4. The van der Waals surface area contributed by atoms with Crippen molar-refractivity contribution in [1.29, 1.82) is 0 Å². The van der Waals surface area contributed by atoms with E-state index in [0.29, 0.717) is 49.8 Å². The SMILES string of the molecule is CCCC1=C(C(=O)OCC)[C@H](c2cc(OC)ccc2OC)n2c(s/c(=C\c3ccccc3OC(C)=O)c2=O)=N1. The van der Waals surface area contributed by atoms with E-state index in [4.69, 9.17) is 23.9 Å². The smallest absolute Gasteiger partial charge is 0.338 e. The van der Waals surface area contributed by atoms with Crippen molar-refractivity contribution >= 4 is 29.4 Å². The standard InChI is InChI=1S/C29H30N2O7S/c1-6-10-21-25(28(34)37-7-2)26(20-16-19(35-4)13-14-23(20)36-5)31-27(33)24(39-29(31)30-21)15-18-11-8-9-12-22(18)38-17(3)32/h8-9,11-16,26H,6-7,10H2,1-5H3/b24-15-/t26-/m0/s1. The van der Waals surface area contributed by atoms with Crippen molar-refractivity contribution in [3.8, 4) is 17.2 Å². The van der Waals surface area contributed by atoms with Gasteiger partial charge in [-0.3, -0.25) is 14.2 Å². The fourth-order valence-corrected chi connectivity index (χ4v) is 5.47. The Hall–Kier alpha value is -4.18. The molecular weight excluding hydrogens is 520 g/mol. The lowest BCUT2D eigenvalue weighted by molar-refractivity contribution is -0.139. The lowest BCUT2D eigenvalue weighted by atomic mass is 9.93. The summed E-state index contributed by atoms with van der Waals surface area (Å²) in [5.74, 6) is 0.344. The summed E-state index contributed by atoms with van der Waals surface area (Å²) < 4.78 is 23.8. The number of carbonyl (C=O) groups is 2. The van der Waals surface area contributed by atoms with E-state index in [-0.39, 0.29) is 17.7 Å². The maximum atomic E-state index is 14.0. The van der Waals surface area contributed by atoms with Crippen molar-refractivity contribution in [2.45, 2.75) is 39.7 Å². The number of carbonyl (C=O) groups excluding carboxylic acids is 2. The Bertz CT molecular complexity index is 1620. The molecule has 3 aromatic rings. The molecule has 0 amide bonds. The van der Waals surface area contributed by atoms with Crippen LogP contribution in [0.2, 0.25) is 0 Å². The molecule has 0 radical (unpaired) electrons. The van der Waals surface area contributed by atoms with Crippen molar-refractivity contribution < 1.29 is 28.5 Å². The van der Waals surface area contributed by atoms with E-state index < -0.39 is 18.0 Å². The quantitative estimate of drug-likeness (QED) is 0.297. The predicted octanol–water partition coefficient (Wildman–Crippen LogP) is 3.52. The van der Waals surface area contributed by atoms with Crippen LogP contribution >= 0.6 is 11.3 Å². The van der Waals surface area contributed by atoms with Gasteiger partial charge in [0.1, 0.15) is 23.3 Å². The van der Waals surface area contributed by atoms with Gasteiger partial charge in [0, 0.05) is 18.1 Å². The van der Waals surface area contributed by atoms with Gasteiger partial charge in [-0.05, 0) is 43.7 Å². The zero-order valence-corrected chi connectivity index (χ0v) is 23.3. The number of esters is 2. The molecule has 0 N–H and O–H groups in total. The zero-order valence-electron chi connectivity index (χ0n) is 22.5. The topological polar surface area (TPSA) is 105 Å². The first kappa shape index (κ1) is 27.8. The second kappa shape index (κ2) is 12.1. The lowest BCUT2D eigenvalue weighted by Gasteiger charge is -2.27. The third-order valence-corrected chi connectivity index (χ3v) is 7.07. The first-order valence-electron chi connectivity index (χ1n) is 12.5. The fourth-order valence-electron chi connectivity index (χ4n) is 4.46. The highest BCUT2D eigenvalue weighted by atomic mass is 32.1. The molecule has 0 saturated carbocycles. The molecule has 204 valence electrons. The van der Waals surface area contributed by atoms with Crippen LogP contribution < -0.4 is 29.1 Å². The first-order chi connectivity index (χ1) is 18.8. The van der Waals surface area contributed by atoms with Crippen LogP contribution in [0, 0.1) is 0 Å². The summed E-state index contributed by atoms with van der Waals surface area (Å²) in [5, 5.41) is 0. The number of hydrogen-bond acceptors (Lipinski definition) is 9. The number of para-hydroxylation sites is 1. The molecule has 1 aromatic heterocycles. The Kier molecular flexibility index (Phi) is 8.65. The molecular formula is C29H30N2O7S. The number of hydrogen-bond donors (Lipinski definition) is 0. The van der Waals surface area contributed by atoms with Gasteiger partial charge >= 0.3 is 11.9 Å². The fraction of sp³-hybridized carbons (Fsp3) is 0.310. The summed E-state index contributed by atoms with van der Waals surface area (Å²) >= 11 is 1.19. The van der Waals surface area contributed by atoms with Crippen LogP contribution in [0.5, 0.6) is 17.2 Å². The summed E-state index contributed by atoms with van der Waals surface area (Å²) in [5.41, 5.74) is 1.61. The number of fused-ring (bicyclic) bond motifs is 1. The second-order valence-corrected chi connectivity index (χ2v) is 9.66. The summed E-state index contributed by atoms with van der Waals surface area (Å²) in [7, 11) is 3.07. The number of nitrogens with zero attached hydrogens (tertiary/aromatic N) is 2. The Morgan fingerprint density at radius 1 is 1.08 bits per heavy atom. The van der Waals surface area contributed by atoms with Crippen LogP contribution in [-0.4, -0.2) is 37.3 Å². The molecule has 9 nitrogen and oxygen atoms in total. The number of benzene rings is 2. The Labute approximate surface area is 229 Å². The maximum Gasteiger partial charge on any atom is 0.338 e. The van der Waals surface area contributed by atoms with E-state index in [2.05, 4.69) is 0 Å². The van der Waals surface area contributed by atoms with E-state index in [9.17, 15) is 14.4 Å². The highest BCUT2D eigenvalue weighted by Crippen LogP contribution is 2.38. The lowest BCUT2D eigenvalue weighted by Crippen LogP contribution is -2.40. The molecule has 0 aliphatic carbocycles. The minimum absolute atomic E-state index is 0.168. The van der Waals surface area contributed by atoms with E-state index in [1.54, 1.807) is 62.6 Å². The molecule has 1 atom stereocenters. The number of rotatable bonds is 9. The van der Waals surface area contributed by atoms with Crippen LogP contribution in [-0.2, 0) is 14.3 Å². The van der Waals surface area contributed by atoms with Crippen molar-refractivity contribution in [3.63, 3.8) is 0 Å². The molecule has 39 heavy (non-hydrogen) atoms. The molecule has 0 unspecified atom stereocenters. The average molecular weight is 551 g/mol. The Morgan fingerprint density at radius 3 is 2.51 bits per heavy atom. The van der Waals surface area contributed by atoms with Crippen LogP contribution in [0.3, 0.4) is 0 Å². The van der Waals surface area contributed by atoms with Crippen LogP contribution in [0.4, 0.5) is 0 Å². The summed E-state index contributed by atoms with van der Waals surface area (Å²) in [4.78, 5) is 44.2. The highest BCUT2D eigenvalue weighted by Gasteiger charge is 2.36. The van der Waals surface area contributed by atoms with Crippen molar-refractivity contribution in [3.05, 3.63) is 84.5 Å². The van der Waals surface area contributed by atoms with E-state index in [1.807, 2.05) is 6.92 Å². The molecule has 2 aromatic carbocycles. The third-order valence-electron chi connectivity index (χ3n) is 6.08. The molecule has 10 heteroatoms. The van der Waals surface area contributed by atoms with E-state index >= 15 is 0 Å². The van der Waals surface area contributed by atoms with E-state index in [0.717, 1.165) is 6.42 Å². The number of thiazole rings is 1. The van der Waals surface area contributed by atoms with Gasteiger partial charge in [0.15, 0.2) is 4.80 Å². The van der Waals surface area contributed by atoms with Gasteiger partial charge in [0.05, 0.1) is 36.6 Å².